The number of esters is 1. The molecule has 27 heavy (non-hydrogen) atoms. The van der Waals surface area contributed by atoms with E-state index in [2.05, 4.69) is 6.92 Å². The Morgan fingerprint density at radius 1 is 0.963 bits per heavy atom. The zero-order valence-corrected chi connectivity index (χ0v) is 15.5. The molecule has 2 aromatic rings. The largest absolute Gasteiger partial charge is 0.494 e. The number of amidine groups is 1. The van der Waals surface area contributed by atoms with Crippen molar-refractivity contribution in [3.63, 3.8) is 0 Å². The van der Waals surface area contributed by atoms with Gasteiger partial charge in [0.25, 0.3) is 0 Å². The molecular formula is C20H25N3O4. The monoisotopic (exact) mass is 371 g/mol. The normalized spacial score (nSPS) is 9.56. The Bertz CT molecular complexity index is 790. The molecule has 0 spiro atoms. The fourth-order valence-corrected chi connectivity index (χ4v) is 1.99. The summed E-state index contributed by atoms with van der Waals surface area (Å²) < 4.78 is 10.2. The van der Waals surface area contributed by atoms with E-state index >= 15 is 0 Å². The van der Waals surface area contributed by atoms with Crippen molar-refractivity contribution >= 4 is 17.7 Å². The summed E-state index contributed by atoms with van der Waals surface area (Å²) in [5, 5.41) is 7.23. The second-order valence-electron chi connectivity index (χ2n) is 5.46. The Morgan fingerprint density at radius 3 is 2.19 bits per heavy atom. The third-order valence-corrected chi connectivity index (χ3v) is 3.28. The molecule has 0 radical (unpaired) electrons. The number of hydrogen-bond acceptors (Lipinski definition) is 5. The summed E-state index contributed by atoms with van der Waals surface area (Å²) in [4.78, 5) is 22.0. The van der Waals surface area contributed by atoms with Crippen LogP contribution in [0.25, 0.3) is 0 Å². The van der Waals surface area contributed by atoms with E-state index in [4.69, 9.17) is 26.4 Å². The molecule has 2 aromatic carbocycles. The van der Waals surface area contributed by atoms with E-state index in [0.29, 0.717) is 29.9 Å². The highest BCUT2D eigenvalue weighted by Gasteiger charge is 2.08. The number of rotatable bonds is 7. The minimum atomic E-state index is -0.559. The topological polar surface area (TPSA) is 128 Å². The van der Waals surface area contributed by atoms with Gasteiger partial charge in [-0.25, -0.2) is 4.79 Å². The van der Waals surface area contributed by atoms with Gasteiger partial charge in [0.1, 0.15) is 11.6 Å². The molecule has 0 aromatic heterocycles. The summed E-state index contributed by atoms with van der Waals surface area (Å²) in [7, 11) is 0. The lowest BCUT2D eigenvalue weighted by atomic mass is 10.1. The molecule has 0 bridgehead atoms. The Hall–Kier alpha value is -3.35. The predicted octanol–water partition coefficient (Wildman–Crippen LogP) is 2.72. The van der Waals surface area contributed by atoms with Crippen molar-refractivity contribution in [2.75, 3.05) is 13.2 Å². The average Bonchev–Trinajstić information content (AvgIpc) is 2.67. The first-order valence-corrected chi connectivity index (χ1v) is 8.53. The molecule has 7 nitrogen and oxygen atoms in total. The van der Waals surface area contributed by atoms with Gasteiger partial charge < -0.3 is 20.9 Å². The number of carbonyl (C=O) groups excluding carboxylic acids is 2. The average molecular weight is 371 g/mol. The molecule has 2 rings (SSSR count). The molecule has 0 fully saturated rings. The Morgan fingerprint density at radius 2 is 1.59 bits per heavy atom. The number of nitrogen functional groups attached to an aromatic ring is 1. The molecule has 5 N–H and O–H groups in total. The van der Waals surface area contributed by atoms with Crippen LogP contribution in [0.3, 0.4) is 0 Å². The fraction of sp³-hybridized carbons (Fsp3) is 0.250. The van der Waals surface area contributed by atoms with Gasteiger partial charge >= 0.3 is 5.97 Å². The zero-order chi connectivity index (χ0) is 20.2. The van der Waals surface area contributed by atoms with Gasteiger partial charge in [-0.3, -0.25) is 10.2 Å². The molecule has 0 aliphatic rings. The fourth-order valence-electron chi connectivity index (χ4n) is 1.99. The van der Waals surface area contributed by atoms with Crippen molar-refractivity contribution in [1.29, 1.82) is 5.41 Å². The molecule has 0 saturated carbocycles. The number of primary amides is 1. The zero-order valence-electron chi connectivity index (χ0n) is 15.5. The van der Waals surface area contributed by atoms with Crippen LogP contribution in [0, 0.1) is 5.41 Å². The molecular weight excluding hydrogens is 346 g/mol. The van der Waals surface area contributed by atoms with Crippen molar-refractivity contribution in [2.45, 2.75) is 20.3 Å². The minimum Gasteiger partial charge on any atom is -0.494 e. The predicted molar refractivity (Wildman–Crippen MR) is 104 cm³/mol. The lowest BCUT2D eigenvalue weighted by Crippen LogP contribution is -2.12. The molecule has 1 amide bonds. The molecule has 144 valence electrons. The SMILES string of the molecule is CCCOc1cccc(C(=N)N)c1.CCOC(=O)c1cccc(C(N)=O)c1. The molecule has 0 unspecified atom stereocenters. The van der Waals surface area contributed by atoms with E-state index in [-0.39, 0.29) is 5.84 Å². The smallest absolute Gasteiger partial charge is 0.338 e. The van der Waals surface area contributed by atoms with Crippen molar-refractivity contribution < 1.29 is 19.1 Å². The second-order valence-corrected chi connectivity index (χ2v) is 5.46. The first-order valence-electron chi connectivity index (χ1n) is 8.53. The van der Waals surface area contributed by atoms with Crippen molar-refractivity contribution in [3.05, 3.63) is 65.2 Å². The Balaban J connectivity index is 0.000000271. The molecule has 0 saturated heterocycles. The second kappa shape index (κ2) is 11.3. The van der Waals surface area contributed by atoms with Gasteiger partial charge in [0.2, 0.25) is 5.91 Å². The first-order chi connectivity index (χ1) is 12.9. The summed E-state index contributed by atoms with van der Waals surface area (Å²) in [6.07, 6.45) is 0.976. The summed E-state index contributed by atoms with van der Waals surface area (Å²) in [6, 6.07) is 13.4. The number of nitrogens with two attached hydrogens (primary N) is 2. The van der Waals surface area contributed by atoms with Gasteiger partial charge in [-0.05, 0) is 43.7 Å². The van der Waals surface area contributed by atoms with E-state index in [1.807, 2.05) is 12.1 Å². The van der Waals surface area contributed by atoms with Crippen molar-refractivity contribution in [3.8, 4) is 5.75 Å². The van der Waals surface area contributed by atoms with Crippen LogP contribution in [-0.4, -0.2) is 30.9 Å². The highest BCUT2D eigenvalue weighted by atomic mass is 16.5. The maximum Gasteiger partial charge on any atom is 0.338 e. The lowest BCUT2D eigenvalue weighted by molar-refractivity contribution is 0.0526. The maximum absolute atomic E-state index is 11.2. The van der Waals surface area contributed by atoms with Crippen LogP contribution in [-0.2, 0) is 4.74 Å². The molecule has 0 atom stereocenters. The van der Waals surface area contributed by atoms with Crippen molar-refractivity contribution in [1.82, 2.24) is 0 Å². The number of ether oxygens (including phenoxy) is 2. The van der Waals surface area contributed by atoms with Crippen molar-refractivity contribution in [2.24, 2.45) is 11.5 Å². The molecule has 0 heterocycles. The van der Waals surface area contributed by atoms with Gasteiger partial charge in [-0.15, -0.1) is 0 Å². The lowest BCUT2D eigenvalue weighted by Gasteiger charge is -2.05. The van der Waals surface area contributed by atoms with E-state index in [1.54, 1.807) is 37.3 Å². The van der Waals surface area contributed by atoms with Crippen LogP contribution >= 0.6 is 0 Å². The van der Waals surface area contributed by atoms with Crippen LogP contribution in [0.15, 0.2) is 48.5 Å². The summed E-state index contributed by atoms with van der Waals surface area (Å²) in [5.41, 5.74) is 11.7. The van der Waals surface area contributed by atoms with E-state index in [9.17, 15) is 9.59 Å². The number of nitrogens with one attached hydrogen (secondary N) is 1. The maximum atomic E-state index is 11.2. The van der Waals surface area contributed by atoms with Gasteiger partial charge in [0, 0.05) is 11.1 Å². The highest BCUT2D eigenvalue weighted by Crippen LogP contribution is 2.12. The number of benzene rings is 2. The van der Waals surface area contributed by atoms with Crippen LogP contribution in [0.1, 0.15) is 46.5 Å². The number of hydrogen-bond donors (Lipinski definition) is 3. The summed E-state index contributed by atoms with van der Waals surface area (Å²) >= 11 is 0. The highest BCUT2D eigenvalue weighted by molar-refractivity contribution is 5.97. The van der Waals surface area contributed by atoms with Gasteiger partial charge in [-0.1, -0.05) is 25.1 Å². The van der Waals surface area contributed by atoms with Crippen LogP contribution in [0.4, 0.5) is 0 Å². The summed E-state index contributed by atoms with van der Waals surface area (Å²) in [6.45, 7) is 4.77. The third-order valence-electron chi connectivity index (χ3n) is 3.28. The summed E-state index contributed by atoms with van der Waals surface area (Å²) in [5.74, 6) is -0.164. The quantitative estimate of drug-likeness (QED) is 0.391. The van der Waals surface area contributed by atoms with Gasteiger partial charge in [0.05, 0.1) is 18.8 Å². The Kier molecular flexibility index (Phi) is 9.08. The number of carbonyl (C=O) groups is 2. The van der Waals surface area contributed by atoms with Gasteiger partial charge in [-0.2, -0.15) is 0 Å². The third kappa shape index (κ3) is 7.60. The van der Waals surface area contributed by atoms with E-state index in [1.165, 1.54) is 6.07 Å². The van der Waals surface area contributed by atoms with Crippen LogP contribution < -0.4 is 16.2 Å². The van der Waals surface area contributed by atoms with Gasteiger partial charge in [0.15, 0.2) is 0 Å². The molecule has 0 aliphatic carbocycles. The Labute approximate surface area is 158 Å². The first kappa shape index (κ1) is 21.7. The van der Waals surface area contributed by atoms with E-state index < -0.39 is 11.9 Å². The molecule has 0 aliphatic heterocycles. The molecule has 7 heteroatoms. The standard InChI is InChI=1S/C10H14N2O.C10H11NO3/c1-2-6-13-9-5-3-4-8(7-9)10(11)12;1-2-14-10(13)8-5-3-4-7(6-8)9(11)12/h3-5,7H,2,6H2,1H3,(H3,11,12);3-6H,2H2,1H3,(H2,11,12). The van der Waals surface area contributed by atoms with E-state index in [0.717, 1.165) is 12.2 Å². The number of amides is 1. The van der Waals surface area contributed by atoms with Crippen LogP contribution in [0.5, 0.6) is 5.75 Å². The minimum absolute atomic E-state index is 0.0712. The van der Waals surface area contributed by atoms with Crippen LogP contribution in [0.2, 0.25) is 0 Å².